The normalized spacial score (nSPS) is 14.3. The first-order chi connectivity index (χ1) is 15.6. The summed E-state index contributed by atoms with van der Waals surface area (Å²) < 4.78 is 15.3. The van der Waals surface area contributed by atoms with Crippen molar-refractivity contribution in [3.63, 3.8) is 0 Å². The van der Waals surface area contributed by atoms with Crippen LogP contribution in [0.15, 0.2) is 53.7 Å². The molecule has 0 spiro atoms. The van der Waals surface area contributed by atoms with E-state index in [0.29, 0.717) is 23.3 Å². The van der Waals surface area contributed by atoms with Gasteiger partial charge in [0.2, 0.25) is 5.91 Å². The van der Waals surface area contributed by atoms with Gasteiger partial charge >= 0.3 is 0 Å². The fourth-order valence-corrected chi connectivity index (χ4v) is 4.87. The highest BCUT2D eigenvalue weighted by Gasteiger charge is 2.23. The number of amides is 1. The zero-order valence-corrected chi connectivity index (χ0v) is 19.1. The Morgan fingerprint density at radius 3 is 2.59 bits per heavy atom. The van der Waals surface area contributed by atoms with E-state index in [4.69, 9.17) is 11.6 Å². The minimum atomic E-state index is -0.269. The molecule has 1 aliphatic rings. The van der Waals surface area contributed by atoms with Gasteiger partial charge in [-0.3, -0.25) is 4.79 Å². The van der Waals surface area contributed by atoms with Crippen molar-refractivity contribution in [3.8, 4) is 0 Å². The van der Waals surface area contributed by atoms with Crippen molar-refractivity contribution in [1.82, 2.24) is 14.8 Å². The molecule has 1 aromatic heterocycles. The molecule has 4 rings (SSSR count). The molecule has 2 N–H and O–H groups in total. The highest BCUT2D eigenvalue weighted by molar-refractivity contribution is 7.99. The number of halogens is 2. The second-order valence-electron chi connectivity index (χ2n) is 7.74. The number of thioether (sulfide) groups is 1. The predicted molar refractivity (Wildman–Crippen MR) is 127 cm³/mol. The van der Waals surface area contributed by atoms with Gasteiger partial charge in [-0.1, -0.05) is 54.8 Å². The van der Waals surface area contributed by atoms with Crippen LogP contribution in [-0.4, -0.2) is 26.4 Å². The molecule has 9 heteroatoms. The summed E-state index contributed by atoms with van der Waals surface area (Å²) in [6.45, 7) is 0.474. The van der Waals surface area contributed by atoms with Crippen LogP contribution >= 0.6 is 23.4 Å². The van der Waals surface area contributed by atoms with Gasteiger partial charge in [0, 0.05) is 11.7 Å². The van der Waals surface area contributed by atoms with Gasteiger partial charge in [-0.2, -0.15) is 0 Å². The second kappa shape index (κ2) is 10.8. The van der Waals surface area contributed by atoms with Crippen molar-refractivity contribution in [2.75, 3.05) is 16.4 Å². The number of aromatic nitrogens is 3. The third-order valence-electron chi connectivity index (χ3n) is 5.45. The van der Waals surface area contributed by atoms with E-state index < -0.39 is 0 Å². The van der Waals surface area contributed by atoms with E-state index in [1.807, 2.05) is 12.1 Å². The van der Waals surface area contributed by atoms with Gasteiger partial charge in [0.05, 0.1) is 23.0 Å². The Morgan fingerprint density at radius 2 is 1.84 bits per heavy atom. The molecular formula is C23H25ClFN5OS. The third-order valence-corrected chi connectivity index (χ3v) is 6.72. The topological polar surface area (TPSA) is 71.8 Å². The monoisotopic (exact) mass is 473 g/mol. The van der Waals surface area contributed by atoms with Crippen LogP contribution in [0, 0.1) is 5.82 Å². The van der Waals surface area contributed by atoms with E-state index in [-0.39, 0.29) is 17.5 Å². The molecule has 1 heterocycles. The lowest BCUT2D eigenvalue weighted by Gasteiger charge is -2.25. The quantitative estimate of drug-likeness (QED) is 0.397. The fourth-order valence-electron chi connectivity index (χ4n) is 3.86. The number of anilines is 2. The van der Waals surface area contributed by atoms with Crippen LogP contribution in [-0.2, 0) is 11.3 Å². The smallest absolute Gasteiger partial charge is 0.234 e. The lowest BCUT2D eigenvalue weighted by molar-refractivity contribution is -0.113. The summed E-state index contributed by atoms with van der Waals surface area (Å²) in [7, 11) is 0. The number of para-hydroxylation sites is 1. The maximum Gasteiger partial charge on any atom is 0.234 e. The van der Waals surface area contributed by atoms with Gasteiger partial charge in [-0.05, 0) is 49.2 Å². The summed E-state index contributed by atoms with van der Waals surface area (Å²) in [5, 5.41) is 16.2. The fraction of sp³-hybridized carbons (Fsp3) is 0.348. The molecule has 168 valence electrons. The second-order valence-corrected chi connectivity index (χ2v) is 9.09. The molecule has 32 heavy (non-hydrogen) atoms. The van der Waals surface area contributed by atoms with Gasteiger partial charge in [-0.15, -0.1) is 10.2 Å². The summed E-state index contributed by atoms with van der Waals surface area (Å²) in [5.74, 6) is 0.610. The third kappa shape index (κ3) is 5.81. The van der Waals surface area contributed by atoms with E-state index in [9.17, 15) is 9.18 Å². The summed E-state index contributed by atoms with van der Waals surface area (Å²) in [4.78, 5) is 12.5. The van der Waals surface area contributed by atoms with Crippen molar-refractivity contribution in [3.05, 3.63) is 65.2 Å². The number of carbonyl (C=O) groups is 1. The average Bonchev–Trinajstić information content (AvgIpc) is 3.22. The standard InChI is InChI=1S/C23H25ClFN5OS/c24-19-8-4-5-9-20(19)27-22(31)15-32-23-29-28-21(30(23)18-6-2-1-3-7-18)14-26-17-12-10-16(25)11-13-17/h4-5,8-13,18,26H,1-3,6-7,14-15H2,(H,27,31). The zero-order valence-electron chi connectivity index (χ0n) is 17.6. The lowest BCUT2D eigenvalue weighted by atomic mass is 9.95. The van der Waals surface area contributed by atoms with Crippen LogP contribution in [0.4, 0.5) is 15.8 Å². The average molecular weight is 474 g/mol. The van der Waals surface area contributed by atoms with Crippen LogP contribution in [0.5, 0.6) is 0 Å². The van der Waals surface area contributed by atoms with Gasteiger partial charge < -0.3 is 15.2 Å². The maximum atomic E-state index is 13.2. The minimum Gasteiger partial charge on any atom is -0.378 e. The number of nitrogens with one attached hydrogen (secondary N) is 2. The highest BCUT2D eigenvalue weighted by Crippen LogP contribution is 2.33. The van der Waals surface area contributed by atoms with Crippen molar-refractivity contribution in [2.45, 2.75) is 49.8 Å². The molecule has 2 aromatic carbocycles. The Balaban J connectivity index is 1.45. The van der Waals surface area contributed by atoms with Crippen molar-refractivity contribution in [2.24, 2.45) is 0 Å². The molecule has 1 fully saturated rings. The number of carbonyl (C=O) groups excluding carboxylic acids is 1. The van der Waals surface area contributed by atoms with Gasteiger partial charge in [0.1, 0.15) is 5.82 Å². The number of hydrogen-bond donors (Lipinski definition) is 2. The van der Waals surface area contributed by atoms with Gasteiger partial charge in [0.25, 0.3) is 0 Å². The number of rotatable bonds is 8. The van der Waals surface area contributed by atoms with Crippen molar-refractivity contribution >= 4 is 40.6 Å². The van der Waals surface area contributed by atoms with Gasteiger partial charge in [-0.25, -0.2) is 4.39 Å². The molecule has 1 amide bonds. The Bertz CT molecular complexity index is 1050. The SMILES string of the molecule is O=C(CSc1nnc(CNc2ccc(F)cc2)n1C1CCCCC1)Nc1ccccc1Cl. The molecule has 3 aromatic rings. The predicted octanol–water partition coefficient (Wildman–Crippen LogP) is 5.92. The first-order valence-corrected chi connectivity index (χ1v) is 12.1. The lowest BCUT2D eigenvalue weighted by Crippen LogP contribution is -2.19. The Kier molecular flexibility index (Phi) is 7.65. The largest absolute Gasteiger partial charge is 0.378 e. The summed E-state index contributed by atoms with van der Waals surface area (Å²) in [6, 6.07) is 13.7. The van der Waals surface area contributed by atoms with E-state index in [2.05, 4.69) is 25.4 Å². The van der Waals surface area contributed by atoms with E-state index >= 15 is 0 Å². The number of nitrogens with zero attached hydrogens (tertiary/aromatic N) is 3. The zero-order chi connectivity index (χ0) is 22.3. The molecule has 0 saturated heterocycles. The van der Waals surface area contributed by atoms with Crippen molar-refractivity contribution < 1.29 is 9.18 Å². The number of benzene rings is 2. The Morgan fingerprint density at radius 1 is 1.09 bits per heavy atom. The molecule has 0 atom stereocenters. The Hall–Kier alpha value is -2.58. The van der Waals surface area contributed by atoms with Crippen LogP contribution in [0.25, 0.3) is 0 Å². The summed E-state index contributed by atoms with van der Waals surface area (Å²) in [6.07, 6.45) is 5.72. The summed E-state index contributed by atoms with van der Waals surface area (Å²) >= 11 is 7.51. The molecule has 0 bridgehead atoms. The van der Waals surface area contributed by atoms with E-state index in [1.54, 1.807) is 24.3 Å². The highest BCUT2D eigenvalue weighted by atomic mass is 35.5. The first-order valence-electron chi connectivity index (χ1n) is 10.7. The van der Waals surface area contributed by atoms with Crippen LogP contribution in [0.3, 0.4) is 0 Å². The minimum absolute atomic E-state index is 0.146. The molecule has 0 radical (unpaired) electrons. The molecule has 1 aliphatic carbocycles. The van der Waals surface area contributed by atoms with E-state index in [0.717, 1.165) is 29.5 Å². The molecule has 0 unspecified atom stereocenters. The van der Waals surface area contributed by atoms with Crippen molar-refractivity contribution in [1.29, 1.82) is 0 Å². The van der Waals surface area contributed by atoms with Crippen LogP contribution < -0.4 is 10.6 Å². The maximum absolute atomic E-state index is 13.2. The van der Waals surface area contributed by atoms with Crippen LogP contribution in [0.2, 0.25) is 5.02 Å². The number of hydrogen-bond acceptors (Lipinski definition) is 5. The Labute approximate surface area is 196 Å². The summed E-state index contributed by atoms with van der Waals surface area (Å²) in [5.41, 5.74) is 1.41. The molecule has 0 aliphatic heterocycles. The van der Waals surface area contributed by atoms with Crippen LogP contribution in [0.1, 0.15) is 44.0 Å². The van der Waals surface area contributed by atoms with Gasteiger partial charge in [0.15, 0.2) is 11.0 Å². The molecule has 6 nitrogen and oxygen atoms in total. The first kappa shape index (κ1) is 22.6. The van der Waals surface area contributed by atoms with E-state index in [1.165, 1.54) is 43.2 Å². The molecule has 1 saturated carbocycles. The molecular weight excluding hydrogens is 449 g/mol.